The number of carbonyl (C=O) groups excluding carboxylic acids is 1. The maximum atomic E-state index is 12.6. The summed E-state index contributed by atoms with van der Waals surface area (Å²) in [5.41, 5.74) is 2.11. The summed E-state index contributed by atoms with van der Waals surface area (Å²) in [6.45, 7) is 5.43. The van der Waals surface area contributed by atoms with Crippen LogP contribution in [-0.2, 0) is 28.5 Å². The fourth-order valence-corrected chi connectivity index (χ4v) is 4.10. The summed E-state index contributed by atoms with van der Waals surface area (Å²) in [4.78, 5) is 23.4. The zero-order valence-electron chi connectivity index (χ0n) is 26.0. The van der Waals surface area contributed by atoms with E-state index in [1.54, 1.807) is 30.4 Å². The third-order valence-corrected chi connectivity index (χ3v) is 7.06. The summed E-state index contributed by atoms with van der Waals surface area (Å²) in [6.07, 6.45) is 0.855. The highest BCUT2D eigenvalue weighted by molar-refractivity contribution is 5.88. The van der Waals surface area contributed by atoms with Gasteiger partial charge < -0.3 is 59.8 Å². The molecule has 2 aliphatic rings. The summed E-state index contributed by atoms with van der Waals surface area (Å²) in [5, 5.41) is 79.1. The van der Waals surface area contributed by atoms with Crippen molar-refractivity contribution < 1.29 is 69.4 Å². The molecule has 46 heavy (non-hydrogen) atoms. The average molecular weight is 653 g/mol. The number of esters is 1. The summed E-state index contributed by atoms with van der Waals surface area (Å²) < 4.78 is 21.3. The molecule has 0 bridgehead atoms. The molecule has 0 aromatic rings. The van der Waals surface area contributed by atoms with Gasteiger partial charge in [0.25, 0.3) is 0 Å². The summed E-state index contributed by atoms with van der Waals surface area (Å²) >= 11 is 0. The smallest absolute Gasteiger partial charge is 0.336 e. The van der Waals surface area contributed by atoms with Crippen LogP contribution in [0.3, 0.4) is 0 Å². The molecule has 0 radical (unpaired) electrons. The summed E-state index contributed by atoms with van der Waals surface area (Å²) in [5.74, 6) is -1.86. The number of rotatable bonds is 13. The molecule has 0 saturated carbocycles. The van der Waals surface area contributed by atoms with Crippen molar-refractivity contribution in [1.29, 1.82) is 0 Å². The van der Waals surface area contributed by atoms with Crippen molar-refractivity contribution in [2.45, 2.75) is 89.1 Å². The minimum absolute atomic E-state index is 0.127. The number of aliphatic hydroxyl groups is 7. The highest BCUT2D eigenvalue weighted by atomic mass is 16.7. The molecule has 2 unspecified atom stereocenters. The molecule has 2 aliphatic heterocycles. The number of aliphatic carboxylic acids is 1. The van der Waals surface area contributed by atoms with Gasteiger partial charge in [-0.05, 0) is 27.7 Å². The van der Waals surface area contributed by atoms with Crippen LogP contribution in [0.1, 0.15) is 27.7 Å². The van der Waals surface area contributed by atoms with Crippen LogP contribution in [0.5, 0.6) is 0 Å². The molecule has 14 nitrogen and oxygen atoms in total. The molecule has 2 fully saturated rings. The largest absolute Gasteiger partial charge is 0.478 e. The quantitative estimate of drug-likeness (QED) is 0.0725. The molecule has 0 amide bonds. The lowest BCUT2D eigenvalue weighted by atomic mass is 9.98. The van der Waals surface area contributed by atoms with Gasteiger partial charge in [0.1, 0.15) is 48.8 Å². The second kappa shape index (κ2) is 18.8. The minimum atomic E-state index is -1.80. The van der Waals surface area contributed by atoms with Gasteiger partial charge in [-0.1, -0.05) is 71.9 Å². The maximum absolute atomic E-state index is 12.6. The first kappa shape index (κ1) is 38.9. The van der Waals surface area contributed by atoms with Crippen LogP contribution in [-0.4, -0.2) is 127 Å². The molecule has 0 aromatic heterocycles. The van der Waals surface area contributed by atoms with E-state index in [1.807, 2.05) is 32.1 Å². The van der Waals surface area contributed by atoms with Gasteiger partial charge in [-0.25, -0.2) is 9.59 Å². The number of hydrogen-bond donors (Lipinski definition) is 8. The lowest BCUT2D eigenvalue weighted by molar-refractivity contribution is -0.326. The van der Waals surface area contributed by atoms with Crippen LogP contribution < -0.4 is 0 Å². The third-order valence-electron chi connectivity index (χ3n) is 7.06. The predicted molar refractivity (Wildman–Crippen MR) is 163 cm³/mol. The zero-order chi connectivity index (χ0) is 34.6. The van der Waals surface area contributed by atoms with E-state index in [1.165, 1.54) is 26.0 Å². The Bertz CT molecular complexity index is 1240. The maximum Gasteiger partial charge on any atom is 0.336 e. The molecule has 2 heterocycles. The zero-order valence-corrected chi connectivity index (χ0v) is 26.0. The van der Waals surface area contributed by atoms with Crippen LogP contribution >= 0.6 is 0 Å². The Kier molecular flexibility index (Phi) is 15.9. The molecule has 2 rings (SSSR count). The Morgan fingerprint density at radius 3 is 1.63 bits per heavy atom. The van der Waals surface area contributed by atoms with Gasteiger partial charge in [-0.3, -0.25) is 0 Å². The molecule has 2 saturated heterocycles. The van der Waals surface area contributed by atoms with Crippen molar-refractivity contribution in [2.75, 3.05) is 13.2 Å². The highest BCUT2D eigenvalue weighted by Crippen LogP contribution is 2.26. The van der Waals surface area contributed by atoms with Crippen LogP contribution in [0.4, 0.5) is 0 Å². The van der Waals surface area contributed by atoms with E-state index in [9.17, 15) is 45.3 Å². The van der Waals surface area contributed by atoms with Gasteiger partial charge in [0, 0.05) is 11.1 Å². The van der Waals surface area contributed by atoms with Crippen LogP contribution in [0.2, 0.25) is 0 Å². The lowest BCUT2D eigenvalue weighted by Gasteiger charge is -2.42. The highest BCUT2D eigenvalue weighted by Gasteiger charge is 2.48. The van der Waals surface area contributed by atoms with Crippen LogP contribution in [0.15, 0.2) is 83.1 Å². The number of carbonyl (C=O) groups is 2. The fourth-order valence-electron chi connectivity index (χ4n) is 4.10. The number of aliphatic hydroxyl groups excluding tert-OH is 7. The van der Waals surface area contributed by atoms with Crippen LogP contribution in [0, 0.1) is 0 Å². The third kappa shape index (κ3) is 11.5. The molecule has 0 spiro atoms. The van der Waals surface area contributed by atoms with Crippen LogP contribution in [0.25, 0.3) is 0 Å². The fraction of sp³-hybridized carbons (Fsp3) is 0.500. The van der Waals surface area contributed by atoms with Gasteiger partial charge >= 0.3 is 11.9 Å². The van der Waals surface area contributed by atoms with Gasteiger partial charge in [0.2, 0.25) is 6.29 Å². The van der Waals surface area contributed by atoms with Crippen molar-refractivity contribution in [3.8, 4) is 0 Å². The molecule has 0 aliphatic carbocycles. The molecular weight excluding hydrogens is 608 g/mol. The van der Waals surface area contributed by atoms with E-state index in [-0.39, 0.29) is 11.1 Å². The van der Waals surface area contributed by atoms with Crippen molar-refractivity contribution in [1.82, 2.24) is 0 Å². The van der Waals surface area contributed by atoms with Gasteiger partial charge in [-0.15, -0.1) is 0 Å². The number of allylic oxidation sites excluding steroid dienone is 12. The van der Waals surface area contributed by atoms with E-state index in [0.29, 0.717) is 0 Å². The SMILES string of the molecule is CC(C=CC=C(C)C(=O)O)=CC=CC=C(C)C=CC=C(C)C(=O)OC1O[C@H](CO[C@@H]2O[C@H](CO)[C@@H](O)C(O)[C@H]2O)[C@@H](O)[C@H](O)[C@H]1O. The van der Waals surface area contributed by atoms with Gasteiger partial charge in [-0.2, -0.15) is 0 Å². The molecule has 10 atom stereocenters. The van der Waals surface area contributed by atoms with Crippen molar-refractivity contribution >= 4 is 11.9 Å². The van der Waals surface area contributed by atoms with E-state index in [2.05, 4.69) is 0 Å². The van der Waals surface area contributed by atoms with Gasteiger partial charge in [0.05, 0.1) is 13.2 Å². The first-order chi connectivity index (χ1) is 21.7. The first-order valence-corrected chi connectivity index (χ1v) is 14.5. The number of carboxylic acids is 1. The average Bonchev–Trinajstić information content (AvgIpc) is 3.02. The Morgan fingerprint density at radius 1 is 0.630 bits per heavy atom. The normalized spacial score (nSPS) is 33.7. The first-order valence-electron chi connectivity index (χ1n) is 14.5. The molecular formula is C32H44O14. The topological polar surface area (TPSA) is 233 Å². The number of ether oxygens (including phenoxy) is 4. The van der Waals surface area contributed by atoms with E-state index >= 15 is 0 Å². The number of hydrogen-bond acceptors (Lipinski definition) is 13. The predicted octanol–water partition coefficient (Wildman–Crippen LogP) is -0.308. The Labute approximate surface area is 266 Å². The Morgan fingerprint density at radius 2 is 1.11 bits per heavy atom. The standard InChI is InChI=1S/C32H44O14/c1-17(11-7-13-19(3)29(40)41)9-5-6-10-18(2)12-8-14-20(4)30(42)46-32-28(39)26(37)24(35)22(45-32)16-43-31-27(38)25(36)23(34)21(15-33)44-31/h5-14,21-28,31-39H,15-16H2,1-4H3,(H,40,41)/t21-,22-,23-,24-,25?,26+,27-,28-,31-,32?/m1/s1. The van der Waals surface area contributed by atoms with E-state index < -0.39 is 86.6 Å². The van der Waals surface area contributed by atoms with E-state index in [0.717, 1.165) is 11.1 Å². The van der Waals surface area contributed by atoms with Gasteiger partial charge in [0.15, 0.2) is 6.29 Å². The molecule has 0 aromatic carbocycles. The summed E-state index contributed by atoms with van der Waals surface area (Å²) in [7, 11) is 0. The van der Waals surface area contributed by atoms with E-state index in [4.69, 9.17) is 24.1 Å². The summed E-state index contributed by atoms with van der Waals surface area (Å²) in [6, 6.07) is 0. The monoisotopic (exact) mass is 652 g/mol. The Hall–Kier alpha value is -3.28. The number of carboxylic acid groups (broad SMARTS) is 1. The minimum Gasteiger partial charge on any atom is -0.478 e. The van der Waals surface area contributed by atoms with Crippen molar-refractivity contribution in [2.24, 2.45) is 0 Å². The lowest BCUT2D eigenvalue weighted by Crippen LogP contribution is -2.61. The second-order valence-electron chi connectivity index (χ2n) is 10.9. The molecule has 8 N–H and O–H groups in total. The molecule has 14 heteroatoms. The van der Waals surface area contributed by atoms with Crippen molar-refractivity contribution in [3.63, 3.8) is 0 Å². The molecule has 256 valence electrons. The van der Waals surface area contributed by atoms with Crippen molar-refractivity contribution in [3.05, 3.63) is 83.1 Å². The second-order valence-corrected chi connectivity index (χ2v) is 10.9. The Balaban J connectivity index is 1.94.